The molecule has 1 nitrogen and oxygen atoms in total. The minimum Gasteiger partial charge on any atom is -0.309 e. The number of fused-ring (bicyclic) bond motifs is 21. The lowest BCUT2D eigenvalue weighted by atomic mass is 9.70. The predicted octanol–water partition coefficient (Wildman–Crippen LogP) is 19.1. The van der Waals surface area contributed by atoms with Crippen molar-refractivity contribution in [1.29, 1.82) is 0 Å². The third-order valence-electron chi connectivity index (χ3n) is 17.6. The molecule has 12 aromatic carbocycles. The summed E-state index contributed by atoms with van der Waals surface area (Å²) in [6.07, 6.45) is 4.83. The Balaban J connectivity index is 1.05. The van der Waals surface area contributed by atoms with Crippen LogP contribution >= 0.6 is 0 Å². The van der Waals surface area contributed by atoms with Gasteiger partial charge in [0.15, 0.2) is 0 Å². The molecule has 0 aromatic heterocycles. The van der Waals surface area contributed by atoms with Gasteiger partial charge in [-0.3, -0.25) is 0 Å². The highest BCUT2D eigenvalue weighted by Gasteiger charge is 2.52. The smallest absolute Gasteiger partial charge is 0.0726 e. The fourth-order valence-electron chi connectivity index (χ4n) is 14.6. The van der Waals surface area contributed by atoms with Crippen LogP contribution in [0.25, 0.3) is 88.0 Å². The van der Waals surface area contributed by atoms with Gasteiger partial charge in [0, 0.05) is 22.2 Å². The summed E-state index contributed by atoms with van der Waals surface area (Å²) in [6.45, 7) is 0. The number of hydrogen-bond donors (Lipinski definition) is 0. The molecule has 0 unspecified atom stereocenters. The van der Waals surface area contributed by atoms with Crippen LogP contribution in [0.1, 0.15) is 59.1 Å². The Hall–Kier alpha value is -8.78. The highest BCUT2D eigenvalue weighted by molar-refractivity contribution is 6.26. The van der Waals surface area contributed by atoms with Crippen molar-refractivity contribution in [2.24, 2.45) is 0 Å². The van der Waals surface area contributed by atoms with E-state index in [-0.39, 0.29) is 5.41 Å². The summed E-state index contributed by atoms with van der Waals surface area (Å²) in [7, 11) is 0. The lowest BCUT2D eigenvalue weighted by Crippen LogP contribution is -2.26. The van der Waals surface area contributed by atoms with Gasteiger partial charge in [0.1, 0.15) is 0 Å². The Morgan fingerprint density at radius 1 is 0.274 bits per heavy atom. The first-order chi connectivity index (χ1) is 36.2. The highest BCUT2D eigenvalue weighted by Crippen LogP contribution is 2.65. The van der Waals surface area contributed by atoms with Crippen molar-refractivity contribution in [2.45, 2.75) is 36.5 Å². The summed E-state index contributed by atoms with van der Waals surface area (Å²) >= 11 is 0. The first-order valence-electron chi connectivity index (χ1n) is 26.2. The third kappa shape index (κ3) is 5.52. The van der Waals surface area contributed by atoms with Gasteiger partial charge >= 0.3 is 0 Å². The maximum Gasteiger partial charge on any atom is 0.0726 e. The van der Waals surface area contributed by atoms with Crippen molar-refractivity contribution in [3.05, 3.63) is 282 Å². The van der Waals surface area contributed by atoms with Crippen LogP contribution in [0.15, 0.2) is 249 Å². The molecule has 0 amide bonds. The standard InChI is InChI=1S/C72H49N/c1-2-19-46(20-3-1)47-35-37-48(38-36-47)59-44-61-57-27-10-15-32-65(57)72(63-30-13-8-25-55(63)56-26-9-14-31-64(56)72)67(61)45-69(59)73(68-34-18-33-66-70(68)58-28-11-12-29-62(58)71(66)41-16-17-42-71)49-39-40-54-52-23-5-4-21-50(52)51-22-6-7-24-53(51)60(54)43-49/h1-15,18-40,43-45H,16-17,41-42H2. The van der Waals surface area contributed by atoms with E-state index in [0.29, 0.717) is 0 Å². The van der Waals surface area contributed by atoms with Gasteiger partial charge in [-0.15, -0.1) is 0 Å². The van der Waals surface area contributed by atoms with E-state index in [1.807, 2.05) is 0 Å². The second-order valence-electron chi connectivity index (χ2n) is 20.9. The summed E-state index contributed by atoms with van der Waals surface area (Å²) in [5, 5.41) is 7.64. The molecule has 0 bridgehead atoms. The van der Waals surface area contributed by atoms with Crippen molar-refractivity contribution in [2.75, 3.05) is 4.90 Å². The summed E-state index contributed by atoms with van der Waals surface area (Å²) in [6, 6.07) is 94.9. The fourth-order valence-corrected chi connectivity index (χ4v) is 14.6. The number of benzene rings is 12. The SMILES string of the molecule is c1ccc(-c2ccc(-c3cc4c(cc3N(c3ccc5c6ccccc6c6ccccc6c5c3)c3cccc5c3-c3ccccc3C53CCCC3)C3(c5ccccc5-c5ccccc53)c3ccccc3-4)cc2)cc1. The summed E-state index contributed by atoms with van der Waals surface area (Å²) in [5.41, 5.74) is 24.1. The largest absolute Gasteiger partial charge is 0.309 e. The van der Waals surface area contributed by atoms with E-state index in [1.165, 1.54) is 158 Å². The van der Waals surface area contributed by atoms with Gasteiger partial charge in [-0.25, -0.2) is 0 Å². The molecular formula is C72H49N. The van der Waals surface area contributed by atoms with Crippen LogP contribution in [0.3, 0.4) is 0 Å². The molecule has 0 radical (unpaired) electrons. The van der Waals surface area contributed by atoms with Gasteiger partial charge in [-0.05, 0) is 153 Å². The molecule has 1 heteroatoms. The Bertz CT molecular complexity index is 4190. The van der Waals surface area contributed by atoms with Crippen LogP contribution in [0, 0.1) is 0 Å². The van der Waals surface area contributed by atoms with E-state index in [4.69, 9.17) is 0 Å². The topological polar surface area (TPSA) is 3.24 Å². The predicted molar refractivity (Wildman–Crippen MR) is 305 cm³/mol. The first kappa shape index (κ1) is 40.9. The third-order valence-corrected chi connectivity index (χ3v) is 17.6. The van der Waals surface area contributed by atoms with Crippen LogP contribution in [0.5, 0.6) is 0 Å². The summed E-state index contributed by atoms with van der Waals surface area (Å²) in [4.78, 5) is 2.68. The number of nitrogens with zero attached hydrogens (tertiary/aromatic N) is 1. The first-order valence-corrected chi connectivity index (χ1v) is 26.2. The Kier molecular flexibility index (Phi) is 8.61. The summed E-state index contributed by atoms with van der Waals surface area (Å²) < 4.78 is 0. The molecule has 1 saturated carbocycles. The normalized spacial score (nSPS) is 14.8. The average Bonchev–Trinajstić information content (AvgIpc) is 4.23. The van der Waals surface area contributed by atoms with Crippen molar-refractivity contribution < 1.29 is 0 Å². The molecular weight excluding hydrogens is 879 g/mol. The molecule has 2 spiro atoms. The molecule has 73 heavy (non-hydrogen) atoms. The Morgan fingerprint density at radius 2 is 0.753 bits per heavy atom. The maximum absolute atomic E-state index is 2.68. The lowest BCUT2D eigenvalue weighted by Gasteiger charge is -2.34. The molecule has 12 aromatic rings. The molecule has 0 saturated heterocycles. The zero-order chi connectivity index (χ0) is 47.8. The molecule has 0 heterocycles. The molecule has 0 N–H and O–H groups in total. The Morgan fingerprint density at radius 3 is 1.38 bits per heavy atom. The highest BCUT2D eigenvalue weighted by atomic mass is 15.1. The minimum absolute atomic E-state index is 0.00309. The zero-order valence-corrected chi connectivity index (χ0v) is 40.4. The van der Waals surface area contributed by atoms with Gasteiger partial charge < -0.3 is 4.90 Å². The van der Waals surface area contributed by atoms with Gasteiger partial charge in [0.2, 0.25) is 0 Å². The van der Waals surface area contributed by atoms with Crippen LogP contribution in [0.4, 0.5) is 17.1 Å². The van der Waals surface area contributed by atoms with Gasteiger partial charge in [-0.2, -0.15) is 0 Å². The number of rotatable bonds is 5. The molecule has 1 fully saturated rings. The van der Waals surface area contributed by atoms with Gasteiger partial charge in [-0.1, -0.05) is 231 Å². The number of hydrogen-bond acceptors (Lipinski definition) is 1. The van der Waals surface area contributed by atoms with E-state index in [1.54, 1.807) is 0 Å². The lowest BCUT2D eigenvalue weighted by molar-refractivity contribution is 0.550. The van der Waals surface area contributed by atoms with E-state index < -0.39 is 5.41 Å². The van der Waals surface area contributed by atoms with E-state index in [0.717, 1.165) is 5.69 Å². The quantitative estimate of drug-likeness (QED) is 0.156. The molecule has 16 rings (SSSR count). The molecule has 0 aliphatic heterocycles. The van der Waals surface area contributed by atoms with Gasteiger partial charge in [0.25, 0.3) is 0 Å². The average molecular weight is 928 g/mol. The zero-order valence-electron chi connectivity index (χ0n) is 40.4. The molecule has 342 valence electrons. The molecule has 4 aliphatic carbocycles. The van der Waals surface area contributed by atoms with Crippen molar-refractivity contribution in [1.82, 2.24) is 0 Å². The van der Waals surface area contributed by atoms with E-state index >= 15 is 0 Å². The molecule has 4 aliphatic rings. The second-order valence-corrected chi connectivity index (χ2v) is 20.9. The Labute approximate surface area is 426 Å². The van der Waals surface area contributed by atoms with Crippen molar-refractivity contribution in [3.63, 3.8) is 0 Å². The fraction of sp³-hybridized carbons (Fsp3) is 0.0833. The van der Waals surface area contributed by atoms with E-state index in [2.05, 4.69) is 254 Å². The monoisotopic (exact) mass is 927 g/mol. The minimum atomic E-state index is -0.521. The van der Waals surface area contributed by atoms with Crippen LogP contribution < -0.4 is 4.90 Å². The summed E-state index contributed by atoms with van der Waals surface area (Å²) in [5.74, 6) is 0. The maximum atomic E-state index is 2.68. The molecule has 0 atom stereocenters. The van der Waals surface area contributed by atoms with Gasteiger partial charge in [0.05, 0.1) is 16.8 Å². The van der Waals surface area contributed by atoms with Crippen molar-refractivity contribution in [3.8, 4) is 55.6 Å². The second kappa shape index (κ2) is 15.4. The number of anilines is 3. The van der Waals surface area contributed by atoms with Crippen LogP contribution in [0.2, 0.25) is 0 Å². The van der Waals surface area contributed by atoms with E-state index in [9.17, 15) is 0 Å². The van der Waals surface area contributed by atoms with Crippen LogP contribution in [-0.2, 0) is 10.8 Å². The van der Waals surface area contributed by atoms with Crippen molar-refractivity contribution >= 4 is 49.4 Å². The van der Waals surface area contributed by atoms with Crippen LogP contribution in [-0.4, -0.2) is 0 Å².